The van der Waals surface area contributed by atoms with E-state index in [1.54, 1.807) is 0 Å². The number of likely N-dealkylation sites (tertiary alicyclic amines) is 1. The van der Waals surface area contributed by atoms with Crippen LogP contribution in [0.1, 0.15) is 45.7 Å². The molecular weight excluding hydrogens is 266 g/mol. The molecule has 0 spiro atoms. The molecule has 1 aliphatic heterocycles. The van der Waals surface area contributed by atoms with Gasteiger partial charge in [0.15, 0.2) is 0 Å². The van der Waals surface area contributed by atoms with Gasteiger partial charge in [-0.2, -0.15) is 0 Å². The lowest BCUT2D eigenvalue weighted by Gasteiger charge is -2.28. The average molecular weight is 293 g/mol. The van der Waals surface area contributed by atoms with Crippen LogP contribution in [0.2, 0.25) is 0 Å². The SMILES string of the molecule is Cc1cn(CC2CCCCN(C(=O)OC(C)(C)C)C2)cn1. The Morgan fingerprint density at radius 1 is 1.43 bits per heavy atom. The second-order valence-corrected chi connectivity index (χ2v) is 7.00. The molecule has 2 rings (SSSR count). The number of carbonyl (C=O) groups is 1. The van der Waals surface area contributed by atoms with Gasteiger partial charge in [0.05, 0.1) is 12.0 Å². The Labute approximate surface area is 127 Å². The molecule has 1 atom stereocenters. The molecule has 1 fully saturated rings. The molecule has 0 aliphatic carbocycles. The van der Waals surface area contributed by atoms with Crippen LogP contribution in [0, 0.1) is 12.8 Å². The third kappa shape index (κ3) is 5.06. The van der Waals surface area contributed by atoms with Crippen LogP contribution in [0.25, 0.3) is 0 Å². The van der Waals surface area contributed by atoms with Gasteiger partial charge in [-0.05, 0) is 46.5 Å². The van der Waals surface area contributed by atoms with Gasteiger partial charge in [-0.15, -0.1) is 0 Å². The van der Waals surface area contributed by atoms with Crippen LogP contribution in [-0.4, -0.2) is 39.2 Å². The Morgan fingerprint density at radius 2 is 2.19 bits per heavy atom. The number of imidazole rings is 1. The molecule has 1 saturated heterocycles. The predicted molar refractivity (Wildman–Crippen MR) is 82.1 cm³/mol. The maximum Gasteiger partial charge on any atom is 0.410 e. The van der Waals surface area contributed by atoms with Gasteiger partial charge in [0.2, 0.25) is 0 Å². The van der Waals surface area contributed by atoms with E-state index < -0.39 is 5.60 Å². The molecular formula is C16H27N3O2. The minimum absolute atomic E-state index is 0.184. The molecule has 0 radical (unpaired) electrons. The van der Waals surface area contributed by atoms with Crippen LogP contribution in [-0.2, 0) is 11.3 Å². The van der Waals surface area contributed by atoms with Crippen molar-refractivity contribution in [3.63, 3.8) is 0 Å². The lowest BCUT2D eigenvalue weighted by molar-refractivity contribution is 0.0230. The zero-order chi connectivity index (χ0) is 15.5. The third-order valence-electron chi connectivity index (χ3n) is 3.65. The van der Waals surface area contributed by atoms with Crippen molar-refractivity contribution in [2.75, 3.05) is 13.1 Å². The van der Waals surface area contributed by atoms with E-state index in [2.05, 4.69) is 15.7 Å². The van der Waals surface area contributed by atoms with Gasteiger partial charge < -0.3 is 14.2 Å². The first kappa shape index (κ1) is 15.9. The molecule has 1 unspecified atom stereocenters. The van der Waals surface area contributed by atoms with E-state index in [1.807, 2.05) is 38.9 Å². The lowest BCUT2D eigenvalue weighted by Crippen LogP contribution is -2.39. The molecule has 2 heterocycles. The first-order chi connectivity index (χ1) is 9.83. The molecule has 1 amide bonds. The van der Waals surface area contributed by atoms with Crippen molar-refractivity contribution in [2.45, 2.75) is 59.1 Å². The number of aromatic nitrogens is 2. The molecule has 5 nitrogen and oxygen atoms in total. The second kappa shape index (κ2) is 6.50. The smallest absolute Gasteiger partial charge is 0.410 e. The van der Waals surface area contributed by atoms with Crippen LogP contribution in [0.15, 0.2) is 12.5 Å². The van der Waals surface area contributed by atoms with Crippen LogP contribution >= 0.6 is 0 Å². The highest BCUT2D eigenvalue weighted by Crippen LogP contribution is 2.20. The van der Waals surface area contributed by atoms with E-state index in [-0.39, 0.29) is 6.09 Å². The molecule has 0 bridgehead atoms. The number of ether oxygens (including phenoxy) is 1. The monoisotopic (exact) mass is 293 g/mol. The Balaban J connectivity index is 1.96. The molecule has 5 heteroatoms. The summed E-state index contributed by atoms with van der Waals surface area (Å²) >= 11 is 0. The molecule has 118 valence electrons. The number of nitrogens with zero attached hydrogens (tertiary/aromatic N) is 3. The Kier molecular flexibility index (Phi) is 4.91. The van der Waals surface area contributed by atoms with Crippen molar-refractivity contribution < 1.29 is 9.53 Å². The molecule has 0 N–H and O–H groups in total. The summed E-state index contributed by atoms with van der Waals surface area (Å²) in [7, 11) is 0. The van der Waals surface area contributed by atoms with Crippen molar-refractivity contribution in [1.29, 1.82) is 0 Å². The Morgan fingerprint density at radius 3 is 2.81 bits per heavy atom. The summed E-state index contributed by atoms with van der Waals surface area (Å²) in [5.41, 5.74) is 0.605. The van der Waals surface area contributed by atoms with E-state index in [4.69, 9.17) is 4.74 Å². The predicted octanol–water partition coefficient (Wildman–Crippen LogP) is 3.23. The summed E-state index contributed by atoms with van der Waals surface area (Å²) in [4.78, 5) is 18.4. The van der Waals surface area contributed by atoms with E-state index in [0.717, 1.165) is 44.6 Å². The number of amides is 1. The number of rotatable bonds is 2. The van der Waals surface area contributed by atoms with E-state index in [0.29, 0.717) is 5.92 Å². The van der Waals surface area contributed by atoms with Crippen molar-refractivity contribution in [3.8, 4) is 0 Å². The highest BCUT2D eigenvalue weighted by Gasteiger charge is 2.26. The van der Waals surface area contributed by atoms with Crippen molar-refractivity contribution >= 4 is 6.09 Å². The third-order valence-corrected chi connectivity index (χ3v) is 3.65. The van der Waals surface area contributed by atoms with Gasteiger partial charge in [0, 0.05) is 25.8 Å². The topological polar surface area (TPSA) is 47.4 Å². The summed E-state index contributed by atoms with van der Waals surface area (Å²) in [6, 6.07) is 0. The van der Waals surface area contributed by atoms with E-state index in [9.17, 15) is 4.79 Å². The van der Waals surface area contributed by atoms with Gasteiger partial charge in [-0.25, -0.2) is 9.78 Å². The highest BCUT2D eigenvalue weighted by molar-refractivity contribution is 5.68. The average Bonchev–Trinajstić information content (AvgIpc) is 2.62. The lowest BCUT2D eigenvalue weighted by atomic mass is 10.0. The minimum atomic E-state index is -0.430. The summed E-state index contributed by atoms with van der Waals surface area (Å²) in [5.74, 6) is 0.466. The number of hydrogen-bond donors (Lipinski definition) is 0. The molecule has 1 aromatic heterocycles. The van der Waals surface area contributed by atoms with E-state index >= 15 is 0 Å². The van der Waals surface area contributed by atoms with E-state index in [1.165, 1.54) is 0 Å². The summed E-state index contributed by atoms with van der Waals surface area (Å²) in [6.07, 6.45) is 7.12. The Hall–Kier alpha value is -1.52. The molecule has 1 aliphatic rings. The molecule has 21 heavy (non-hydrogen) atoms. The van der Waals surface area contributed by atoms with Crippen LogP contribution in [0.5, 0.6) is 0 Å². The standard InChI is InChI=1S/C16H27N3O2/c1-13-9-18(12-17-13)10-14-7-5-6-8-19(11-14)15(20)21-16(2,3)4/h9,12,14H,5-8,10-11H2,1-4H3. The maximum atomic E-state index is 12.3. The zero-order valence-corrected chi connectivity index (χ0v) is 13.6. The largest absolute Gasteiger partial charge is 0.444 e. The van der Waals surface area contributed by atoms with Crippen molar-refractivity contribution in [3.05, 3.63) is 18.2 Å². The van der Waals surface area contributed by atoms with Crippen LogP contribution < -0.4 is 0 Å². The van der Waals surface area contributed by atoms with Gasteiger partial charge in [0.1, 0.15) is 5.60 Å². The molecule has 0 saturated carbocycles. The fourth-order valence-electron chi connectivity index (χ4n) is 2.74. The summed E-state index contributed by atoms with van der Waals surface area (Å²) in [5, 5.41) is 0. The Bertz CT molecular complexity index is 476. The highest BCUT2D eigenvalue weighted by atomic mass is 16.6. The van der Waals surface area contributed by atoms with Gasteiger partial charge in [-0.1, -0.05) is 6.42 Å². The van der Waals surface area contributed by atoms with Crippen LogP contribution in [0.3, 0.4) is 0 Å². The van der Waals surface area contributed by atoms with Gasteiger partial charge >= 0.3 is 6.09 Å². The zero-order valence-electron chi connectivity index (χ0n) is 13.6. The molecule has 0 aromatic carbocycles. The van der Waals surface area contributed by atoms with Crippen molar-refractivity contribution in [1.82, 2.24) is 14.5 Å². The normalized spacial score (nSPS) is 20.2. The first-order valence-corrected chi connectivity index (χ1v) is 7.80. The fraction of sp³-hybridized carbons (Fsp3) is 0.750. The van der Waals surface area contributed by atoms with Crippen molar-refractivity contribution in [2.24, 2.45) is 5.92 Å². The second-order valence-electron chi connectivity index (χ2n) is 7.00. The number of hydrogen-bond acceptors (Lipinski definition) is 3. The number of aryl methyl sites for hydroxylation is 1. The minimum Gasteiger partial charge on any atom is -0.444 e. The summed E-state index contributed by atoms with van der Waals surface area (Å²) < 4.78 is 7.63. The van der Waals surface area contributed by atoms with Crippen LogP contribution in [0.4, 0.5) is 4.79 Å². The number of carbonyl (C=O) groups excluding carboxylic acids is 1. The van der Waals surface area contributed by atoms with Gasteiger partial charge in [0.25, 0.3) is 0 Å². The quantitative estimate of drug-likeness (QED) is 0.841. The first-order valence-electron chi connectivity index (χ1n) is 7.80. The van der Waals surface area contributed by atoms with Gasteiger partial charge in [-0.3, -0.25) is 0 Å². The maximum absolute atomic E-state index is 12.3. The summed E-state index contributed by atoms with van der Waals surface area (Å²) in [6.45, 7) is 10.2. The molecule has 1 aromatic rings. The fourth-order valence-corrected chi connectivity index (χ4v) is 2.74.